The minimum atomic E-state index is -1.83. The van der Waals surface area contributed by atoms with Gasteiger partial charge in [-0.2, -0.15) is 0 Å². The zero-order valence-electron chi connectivity index (χ0n) is 13.7. The molecule has 8 nitrogen and oxygen atoms in total. The molecule has 0 saturated carbocycles. The summed E-state index contributed by atoms with van der Waals surface area (Å²) >= 11 is 0. The van der Waals surface area contributed by atoms with E-state index in [1.165, 1.54) is 49.4 Å². The van der Waals surface area contributed by atoms with Crippen LogP contribution in [0.15, 0.2) is 42.5 Å². The zero-order chi connectivity index (χ0) is 18.6. The van der Waals surface area contributed by atoms with E-state index in [0.29, 0.717) is 17.0 Å². The minimum absolute atomic E-state index is 0.0552. The maximum absolute atomic E-state index is 12.2. The zero-order valence-corrected chi connectivity index (χ0v) is 13.7. The summed E-state index contributed by atoms with van der Waals surface area (Å²) in [6, 6.07) is 9.97. The standard InChI is InChI=1S/C17H18N2O6/c1-11-9-12(3-8-15(11)19(23)24)18-16(21)17(2,22)10-25-14-6-4-13(20)5-7-14/h3-9,20,22H,10H2,1-2H3,(H,18,21). The number of nitro groups is 1. The molecule has 0 heterocycles. The number of aliphatic hydroxyl groups is 1. The Balaban J connectivity index is 2.01. The van der Waals surface area contributed by atoms with Gasteiger partial charge in [0.1, 0.15) is 18.1 Å². The highest BCUT2D eigenvalue weighted by Crippen LogP contribution is 2.23. The third-order valence-electron chi connectivity index (χ3n) is 3.50. The van der Waals surface area contributed by atoms with Crippen molar-refractivity contribution < 1.29 is 24.7 Å². The third-order valence-corrected chi connectivity index (χ3v) is 3.50. The lowest BCUT2D eigenvalue weighted by Gasteiger charge is -2.22. The van der Waals surface area contributed by atoms with Gasteiger partial charge in [0, 0.05) is 17.3 Å². The second-order valence-electron chi connectivity index (χ2n) is 5.77. The molecule has 0 fully saturated rings. The number of carbonyl (C=O) groups is 1. The largest absolute Gasteiger partial charge is 0.508 e. The third kappa shape index (κ3) is 4.67. The fraction of sp³-hybridized carbons (Fsp3) is 0.235. The molecule has 1 amide bonds. The number of benzene rings is 2. The van der Waals surface area contributed by atoms with Gasteiger partial charge in [-0.15, -0.1) is 0 Å². The van der Waals surface area contributed by atoms with Gasteiger partial charge in [-0.1, -0.05) is 0 Å². The van der Waals surface area contributed by atoms with Crippen molar-refractivity contribution in [1.29, 1.82) is 0 Å². The number of nitrogens with zero attached hydrogens (tertiary/aromatic N) is 1. The van der Waals surface area contributed by atoms with Crippen LogP contribution in [0.2, 0.25) is 0 Å². The van der Waals surface area contributed by atoms with E-state index >= 15 is 0 Å². The first-order chi connectivity index (χ1) is 11.7. The average Bonchev–Trinajstić information content (AvgIpc) is 2.54. The Kier molecular flexibility index (Phi) is 5.23. The Morgan fingerprint density at radius 3 is 2.48 bits per heavy atom. The van der Waals surface area contributed by atoms with E-state index < -0.39 is 16.4 Å². The van der Waals surface area contributed by atoms with Gasteiger partial charge in [0.2, 0.25) is 0 Å². The molecule has 2 rings (SSSR count). The number of carbonyl (C=O) groups excluding carboxylic acids is 1. The van der Waals surface area contributed by atoms with Crippen molar-refractivity contribution in [3.63, 3.8) is 0 Å². The molecule has 0 spiro atoms. The van der Waals surface area contributed by atoms with Crippen LogP contribution in [0.5, 0.6) is 11.5 Å². The van der Waals surface area contributed by atoms with E-state index in [2.05, 4.69) is 5.32 Å². The van der Waals surface area contributed by atoms with Gasteiger partial charge < -0.3 is 20.3 Å². The molecule has 3 N–H and O–H groups in total. The predicted octanol–water partition coefficient (Wildman–Crippen LogP) is 2.38. The summed E-state index contributed by atoms with van der Waals surface area (Å²) in [4.78, 5) is 22.5. The number of ether oxygens (including phenoxy) is 1. The van der Waals surface area contributed by atoms with E-state index in [0.717, 1.165) is 0 Å². The number of aryl methyl sites for hydroxylation is 1. The van der Waals surface area contributed by atoms with E-state index in [9.17, 15) is 25.1 Å². The van der Waals surface area contributed by atoms with Gasteiger partial charge >= 0.3 is 0 Å². The first-order valence-electron chi connectivity index (χ1n) is 7.40. The molecule has 0 aliphatic carbocycles. The molecule has 0 bridgehead atoms. The molecule has 1 unspecified atom stereocenters. The van der Waals surface area contributed by atoms with Gasteiger partial charge in [0.25, 0.3) is 11.6 Å². The lowest BCUT2D eigenvalue weighted by atomic mass is 10.1. The summed E-state index contributed by atoms with van der Waals surface area (Å²) in [5.74, 6) is -0.248. The Morgan fingerprint density at radius 2 is 1.92 bits per heavy atom. The van der Waals surface area contributed by atoms with E-state index in [1.54, 1.807) is 6.92 Å². The molecule has 0 radical (unpaired) electrons. The number of phenolic OH excluding ortho intramolecular Hbond substituents is 1. The molecular formula is C17H18N2O6. The number of amides is 1. The molecule has 0 aliphatic rings. The second-order valence-corrected chi connectivity index (χ2v) is 5.77. The van der Waals surface area contributed by atoms with Crippen molar-refractivity contribution in [1.82, 2.24) is 0 Å². The van der Waals surface area contributed by atoms with Crippen LogP contribution in [-0.4, -0.2) is 33.3 Å². The minimum Gasteiger partial charge on any atom is -0.508 e. The highest BCUT2D eigenvalue weighted by Gasteiger charge is 2.31. The number of aromatic hydroxyl groups is 1. The maximum atomic E-state index is 12.2. The molecule has 2 aromatic rings. The monoisotopic (exact) mass is 346 g/mol. The first-order valence-corrected chi connectivity index (χ1v) is 7.40. The van der Waals surface area contributed by atoms with Gasteiger partial charge in [0.05, 0.1) is 4.92 Å². The summed E-state index contributed by atoms with van der Waals surface area (Å²) < 4.78 is 5.35. The average molecular weight is 346 g/mol. The van der Waals surface area contributed by atoms with Crippen LogP contribution >= 0.6 is 0 Å². The quantitative estimate of drug-likeness (QED) is 0.545. The van der Waals surface area contributed by atoms with Crippen LogP contribution in [0, 0.1) is 17.0 Å². The molecule has 132 valence electrons. The number of anilines is 1. The van der Waals surface area contributed by atoms with Crippen LogP contribution in [0.4, 0.5) is 11.4 Å². The fourth-order valence-electron chi connectivity index (χ4n) is 2.04. The number of nitro benzene ring substituents is 1. The SMILES string of the molecule is Cc1cc(NC(=O)C(C)(O)COc2ccc(O)cc2)ccc1[N+](=O)[O-]. The van der Waals surface area contributed by atoms with Crippen LogP contribution in [0.1, 0.15) is 12.5 Å². The van der Waals surface area contributed by atoms with Crippen molar-refractivity contribution in [2.24, 2.45) is 0 Å². The fourth-order valence-corrected chi connectivity index (χ4v) is 2.04. The molecule has 25 heavy (non-hydrogen) atoms. The van der Waals surface area contributed by atoms with Gasteiger partial charge in [-0.05, 0) is 50.2 Å². The van der Waals surface area contributed by atoms with Crippen molar-refractivity contribution in [3.8, 4) is 11.5 Å². The van der Waals surface area contributed by atoms with Crippen LogP contribution < -0.4 is 10.1 Å². The molecule has 0 saturated heterocycles. The smallest absolute Gasteiger partial charge is 0.272 e. The maximum Gasteiger partial charge on any atom is 0.272 e. The molecule has 2 aromatic carbocycles. The molecule has 0 aliphatic heterocycles. The molecule has 1 atom stereocenters. The van der Waals surface area contributed by atoms with Gasteiger partial charge in [0.15, 0.2) is 5.60 Å². The summed E-state index contributed by atoms with van der Waals surface area (Å²) in [5.41, 5.74) is -1.16. The Bertz CT molecular complexity index is 786. The van der Waals surface area contributed by atoms with Crippen molar-refractivity contribution in [2.75, 3.05) is 11.9 Å². The number of hydrogen-bond donors (Lipinski definition) is 3. The highest BCUT2D eigenvalue weighted by molar-refractivity contribution is 5.97. The molecular weight excluding hydrogens is 328 g/mol. The Hall–Kier alpha value is -3.13. The number of nitrogens with one attached hydrogen (secondary N) is 1. The normalized spacial score (nSPS) is 12.9. The lowest BCUT2D eigenvalue weighted by molar-refractivity contribution is -0.385. The van der Waals surface area contributed by atoms with Crippen molar-refractivity contribution in [3.05, 3.63) is 58.1 Å². The second kappa shape index (κ2) is 7.18. The number of hydrogen-bond acceptors (Lipinski definition) is 6. The van der Waals surface area contributed by atoms with Crippen molar-refractivity contribution in [2.45, 2.75) is 19.4 Å². The first kappa shape index (κ1) is 18.2. The number of phenols is 1. The molecule has 0 aromatic heterocycles. The van der Waals surface area contributed by atoms with Crippen LogP contribution in [0.3, 0.4) is 0 Å². The summed E-state index contributed by atoms with van der Waals surface area (Å²) in [5, 5.41) is 32.8. The molecule has 8 heteroatoms. The van der Waals surface area contributed by atoms with Crippen LogP contribution in [0.25, 0.3) is 0 Å². The van der Waals surface area contributed by atoms with E-state index in [4.69, 9.17) is 4.74 Å². The summed E-state index contributed by atoms with van der Waals surface area (Å²) in [6.45, 7) is 2.54. The number of rotatable bonds is 6. The van der Waals surface area contributed by atoms with Gasteiger partial charge in [-0.25, -0.2) is 0 Å². The van der Waals surface area contributed by atoms with E-state index in [-0.39, 0.29) is 18.0 Å². The van der Waals surface area contributed by atoms with Gasteiger partial charge in [-0.3, -0.25) is 14.9 Å². The highest BCUT2D eigenvalue weighted by atomic mass is 16.6. The van der Waals surface area contributed by atoms with Crippen LogP contribution in [-0.2, 0) is 4.79 Å². The lowest BCUT2D eigenvalue weighted by Crippen LogP contribution is -2.45. The predicted molar refractivity (Wildman–Crippen MR) is 90.7 cm³/mol. The summed E-state index contributed by atoms with van der Waals surface area (Å²) in [6.07, 6.45) is 0. The topological polar surface area (TPSA) is 122 Å². The Morgan fingerprint density at radius 1 is 1.28 bits per heavy atom. The van der Waals surface area contributed by atoms with E-state index in [1.807, 2.05) is 0 Å². The Labute approximate surface area is 143 Å². The summed E-state index contributed by atoms with van der Waals surface area (Å²) in [7, 11) is 0. The van der Waals surface area contributed by atoms with Crippen molar-refractivity contribution >= 4 is 17.3 Å².